The zero-order chi connectivity index (χ0) is 25.6. The van der Waals surface area contributed by atoms with E-state index in [2.05, 4.69) is 10.3 Å². The summed E-state index contributed by atoms with van der Waals surface area (Å²) >= 11 is 6.18. The Bertz CT molecular complexity index is 1440. The molecule has 2 aromatic heterocycles. The fourth-order valence-corrected chi connectivity index (χ4v) is 4.49. The van der Waals surface area contributed by atoms with Crippen LogP contribution in [0.1, 0.15) is 28.9 Å². The van der Waals surface area contributed by atoms with Crippen LogP contribution in [-0.2, 0) is 6.18 Å². The summed E-state index contributed by atoms with van der Waals surface area (Å²) in [6.45, 7) is 0.711. The third kappa shape index (κ3) is 4.02. The molecule has 0 radical (unpaired) electrons. The number of likely N-dealkylation sites (tertiary alicyclic amines) is 1. The SMILES string of the molecule is O=C(c1c(-c2c(F)cccc2Cl)noc1-c1cnn(-c2ccccc2F)c1C(F)(F)F)N1CCCC1. The Kier molecular flexibility index (Phi) is 6.03. The van der Waals surface area contributed by atoms with Gasteiger partial charge in [-0.25, -0.2) is 13.5 Å². The zero-order valence-electron chi connectivity index (χ0n) is 18.3. The third-order valence-corrected chi connectivity index (χ3v) is 6.18. The minimum Gasteiger partial charge on any atom is -0.355 e. The van der Waals surface area contributed by atoms with Crippen molar-refractivity contribution in [3.63, 3.8) is 0 Å². The lowest BCUT2D eigenvalue weighted by Crippen LogP contribution is -2.28. The molecular weight excluding hydrogens is 507 g/mol. The van der Waals surface area contributed by atoms with Gasteiger partial charge in [0.05, 0.1) is 22.3 Å². The van der Waals surface area contributed by atoms with Crippen molar-refractivity contribution in [1.29, 1.82) is 0 Å². The Labute approximate surface area is 205 Å². The first-order valence-corrected chi connectivity index (χ1v) is 11.2. The van der Waals surface area contributed by atoms with Crippen molar-refractivity contribution in [3.8, 4) is 28.3 Å². The summed E-state index contributed by atoms with van der Waals surface area (Å²) in [5.74, 6) is -3.04. The Morgan fingerprint density at radius 1 is 1.00 bits per heavy atom. The molecule has 5 rings (SSSR count). The summed E-state index contributed by atoms with van der Waals surface area (Å²) in [7, 11) is 0. The minimum absolute atomic E-state index is 0.108. The number of carbonyl (C=O) groups is 1. The van der Waals surface area contributed by atoms with Crippen LogP contribution in [0.2, 0.25) is 5.02 Å². The number of hydrogen-bond acceptors (Lipinski definition) is 4. The summed E-state index contributed by atoms with van der Waals surface area (Å²) in [6.07, 6.45) is -2.84. The van der Waals surface area contributed by atoms with Crippen molar-refractivity contribution in [2.24, 2.45) is 0 Å². The fourth-order valence-electron chi connectivity index (χ4n) is 4.24. The van der Waals surface area contributed by atoms with Crippen molar-refractivity contribution in [1.82, 2.24) is 19.8 Å². The molecule has 1 aliphatic rings. The van der Waals surface area contributed by atoms with Gasteiger partial charge in [-0.1, -0.05) is 35.0 Å². The van der Waals surface area contributed by atoms with E-state index in [1.165, 1.54) is 29.2 Å². The Balaban J connectivity index is 1.78. The molecular formula is C24H16ClF5N4O2. The van der Waals surface area contributed by atoms with E-state index in [0.29, 0.717) is 30.6 Å². The molecule has 3 heterocycles. The maximum Gasteiger partial charge on any atom is 0.434 e. The lowest BCUT2D eigenvalue weighted by atomic mass is 10.0. The molecule has 2 aromatic carbocycles. The minimum atomic E-state index is -5.04. The second-order valence-electron chi connectivity index (χ2n) is 8.10. The number of nitrogens with zero attached hydrogens (tertiary/aromatic N) is 4. The zero-order valence-corrected chi connectivity index (χ0v) is 19.1. The van der Waals surface area contributed by atoms with E-state index in [0.717, 1.165) is 24.4 Å². The highest BCUT2D eigenvalue weighted by atomic mass is 35.5. The Morgan fingerprint density at radius 3 is 2.36 bits per heavy atom. The smallest absolute Gasteiger partial charge is 0.355 e. The lowest BCUT2D eigenvalue weighted by Gasteiger charge is -2.16. The molecule has 6 nitrogen and oxygen atoms in total. The van der Waals surface area contributed by atoms with E-state index in [-0.39, 0.29) is 21.8 Å². The molecule has 1 fully saturated rings. The third-order valence-electron chi connectivity index (χ3n) is 5.86. The highest BCUT2D eigenvalue weighted by Crippen LogP contribution is 2.43. The fraction of sp³-hybridized carbons (Fsp3) is 0.208. The molecule has 0 saturated carbocycles. The predicted molar refractivity (Wildman–Crippen MR) is 120 cm³/mol. The molecule has 12 heteroatoms. The van der Waals surface area contributed by atoms with Crippen LogP contribution in [0.4, 0.5) is 22.0 Å². The number of carbonyl (C=O) groups excluding carboxylic acids is 1. The standard InChI is InChI=1S/C24H16ClF5N4O2/c25-14-6-5-8-16(27)18(14)20-19(23(35)33-10-3-4-11-33)21(36-32-20)13-12-31-34(22(13)24(28,29)30)17-9-2-1-7-15(17)26/h1-2,5-9,12H,3-4,10-11H2. The molecule has 0 bridgehead atoms. The average molecular weight is 523 g/mol. The molecule has 0 spiro atoms. The number of benzene rings is 2. The number of alkyl halides is 3. The van der Waals surface area contributed by atoms with Crippen LogP contribution >= 0.6 is 11.6 Å². The molecule has 1 aliphatic heterocycles. The van der Waals surface area contributed by atoms with Gasteiger partial charge in [0.1, 0.15) is 28.6 Å². The van der Waals surface area contributed by atoms with Gasteiger partial charge < -0.3 is 9.42 Å². The molecule has 186 valence electrons. The molecule has 0 unspecified atom stereocenters. The average Bonchev–Trinajstić information content (AvgIpc) is 3.58. The first-order chi connectivity index (χ1) is 17.2. The van der Waals surface area contributed by atoms with Crippen LogP contribution in [0.25, 0.3) is 28.3 Å². The van der Waals surface area contributed by atoms with Gasteiger partial charge in [-0.15, -0.1) is 0 Å². The van der Waals surface area contributed by atoms with E-state index in [9.17, 15) is 26.7 Å². The normalized spacial score (nSPS) is 14.0. The van der Waals surface area contributed by atoms with E-state index >= 15 is 0 Å². The molecule has 0 atom stereocenters. The molecule has 1 saturated heterocycles. The van der Waals surface area contributed by atoms with Crippen LogP contribution in [0, 0.1) is 11.6 Å². The van der Waals surface area contributed by atoms with Gasteiger partial charge >= 0.3 is 6.18 Å². The van der Waals surface area contributed by atoms with Gasteiger partial charge in [-0.3, -0.25) is 4.79 Å². The highest BCUT2D eigenvalue weighted by molar-refractivity contribution is 6.33. The Morgan fingerprint density at radius 2 is 1.69 bits per heavy atom. The lowest BCUT2D eigenvalue weighted by molar-refractivity contribution is -0.142. The van der Waals surface area contributed by atoms with Crippen molar-refractivity contribution in [2.45, 2.75) is 19.0 Å². The molecule has 36 heavy (non-hydrogen) atoms. The van der Waals surface area contributed by atoms with Gasteiger partial charge in [-0.2, -0.15) is 18.3 Å². The van der Waals surface area contributed by atoms with Crippen LogP contribution in [0.5, 0.6) is 0 Å². The van der Waals surface area contributed by atoms with Gasteiger partial charge in [0.15, 0.2) is 11.5 Å². The second-order valence-corrected chi connectivity index (χ2v) is 8.51. The van der Waals surface area contributed by atoms with Crippen LogP contribution in [0.15, 0.2) is 53.2 Å². The van der Waals surface area contributed by atoms with Crippen molar-refractivity contribution in [2.75, 3.05) is 13.1 Å². The van der Waals surface area contributed by atoms with Crippen LogP contribution < -0.4 is 0 Å². The van der Waals surface area contributed by atoms with Gasteiger partial charge in [0.25, 0.3) is 5.91 Å². The van der Waals surface area contributed by atoms with Gasteiger partial charge in [0.2, 0.25) is 0 Å². The number of amides is 1. The van der Waals surface area contributed by atoms with E-state index in [1.807, 2.05) is 0 Å². The monoisotopic (exact) mass is 522 g/mol. The molecule has 0 N–H and O–H groups in total. The van der Waals surface area contributed by atoms with Crippen molar-refractivity contribution in [3.05, 3.63) is 76.6 Å². The number of hydrogen-bond donors (Lipinski definition) is 0. The molecule has 0 aliphatic carbocycles. The second kappa shape index (κ2) is 9.05. The maximum atomic E-state index is 14.8. The van der Waals surface area contributed by atoms with Crippen LogP contribution in [0.3, 0.4) is 0 Å². The van der Waals surface area contributed by atoms with Crippen LogP contribution in [-0.4, -0.2) is 38.8 Å². The van der Waals surface area contributed by atoms with Gasteiger partial charge in [-0.05, 0) is 37.1 Å². The number of aromatic nitrogens is 3. The van der Waals surface area contributed by atoms with Crippen molar-refractivity contribution >= 4 is 17.5 Å². The predicted octanol–water partition coefficient (Wildman–Crippen LogP) is 6.38. The van der Waals surface area contributed by atoms with E-state index in [1.54, 1.807) is 0 Å². The number of rotatable bonds is 4. The van der Waals surface area contributed by atoms with E-state index < -0.39 is 46.4 Å². The number of para-hydroxylation sites is 1. The van der Waals surface area contributed by atoms with Gasteiger partial charge in [0, 0.05) is 13.1 Å². The molecule has 1 amide bonds. The topological polar surface area (TPSA) is 64.2 Å². The summed E-state index contributed by atoms with van der Waals surface area (Å²) in [5, 5.41) is 7.42. The highest BCUT2D eigenvalue weighted by Gasteiger charge is 2.43. The van der Waals surface area contributed by atoms with E-state index in [4.69, 9.17) is 16.1 Å². The largest absolute Gasteiger partial charge is 0.434 e. The summed E-state index contributed by atoms with van der Waals surface area (Å²) in [6, 6.07) is 8.57. The maximum absolute atomic E-state index is 14.8. The number of halogens is 6. The summed E-state index contributed by atoms with van der Waals surface area (Å²) in [4.78, 5) is 14.9. The first kappa shape index (κ1) is 24.0. The quantitative estimate of drug-likeness (QED) is 0.292. The summed E-state index contributed by atoms with van der Waals surface area (Å²) < 4.78 is 77.8. The molecule has 4 aromatic rings. The Hall–Kier alpha value is -3.73. The first-order valence-electron chi connectivity index (χ1n) is 10.8. The summed E-state index contributed by atoms with van der Waals surface area (Å²) in [5.41, 5.74) is -3.50. The van der Waals surface area contributed by atoms with Crippen molar-refractivity contribution < 1.29 is 31.3 Å².